The van der Waals surface area contributed by atoms with E-state index in [1.54, 1.807) is 6.92 Å². The van der Waals surface area contributed by atoms with E-state index in [0.717, 1.165) is 26.1 Å². The highest BCUT2D eigenvalue weighted by Crippen LogP contribution is 2.26. The van der Waals surface area contributed by atoms with E-state index in [0.29, 0.717) is 16.7 Å². The molecule has 0 aliphatic carbocycles. The first-order valence-corrected chi connectivity index (χ1v) is 8.06. The Morgan fingerprint density at radius 2 is 2.09 bits per heavy atom. The highest BCUT2D eigenvalue weighted by molar-refractivity contribution is 9.10. The molecule has 22 heavy (non-hydrogen) atoms. The number of rotatable bonds is 9. The Balaban J connectivity index is 2.46. The smallest absolute Gasteiger partial charge is 0.358 e. The normalized spacial score (nSPS) is 11.0. The summed E-state index contributed by atoms with van der Waals surface area (Å²) in [7, 11) is 0. The Morgan fingerprint density at radius 1 is 1.45 bits per heavy atom. The van der Waals surface area contributed by atoms with Crippen LogP contribution in [0.15, 0.2) is 4.47 Å². The van der Waals surface area contributed by atoms with E-state index in [1.165, 1.54) is 4.68 Å². The van der Waals surface area contributed by atoms with Crippen molar-refractivity contribution >= 4 is 27.7 Å². The van der Waals surface area contributed by atoms with Gasteiger partial charge in [0.2, 0.25) is 5.91 Å². The molecule has 0 saturated heterocycles. The molecule has 1 N–H and O–H groups in total. The fourth-order valence-electron chi connectivity index (χ4n) is 2.04. The van der Waals surface area contributed by atoms with Crippen LogP contribution in [0.2, 0.25) is 0 Å². The first-order valence-electron chi connectivity index (χ1n) is 7.27. The van der Waals surface area contributed by atoms with E-state index in [4.69, 9.17) is 0 Å². The largest absolute Gasteiger partial charge is 0.404 e. The van der Waals surface area contributed by atoms with Crippen molar-refractivity contribution in [2.24, 2.45) is 0 Å². The van der Waals surface area contributed by atoms with Crippen LogP contribution in [0.4, 0.5) is 5.82 Å². The number of hydrogen-bond donors (Lipinski definition) is 1. The van der Waals surface area contributed by atoms with Gasteiger partial charge < -0.3 is 20.3 Å². The molecule has 0 spiro atoms. The molecule has 1 amide bonds. The predicted molar refractivity (Wildman–Crippen MR) is 86.7 cm³/mol. The fourth-order valence-corrected chi connectivity index (χ4v) is 2.47. The Morgan fingerprint density at radius 3 is 2.59 bits per heavy atom. The predicted octanol–water partition coefficient (Wildman–Crippen LogP) is 1.71. The van der Waals surface area contributed by atoms with Crippen molar-refractivity contribution in [2.45, 2.75) is 33.7 Å². The molecule has 1 aromatic heterocycles. The summed E-state index contributed by atoms with van der Waals surface area (Å²) in [5.41, 5.74) is 0.560. The molecular weight excluding hydrogens is 354 g/mol. The van der Waals surface area contributed by atoms with Gasteiger partial charge in [-0.1, -0.05) is 13.8 Å². The lowest BCUT2D eigenvalue weighted by molar-refractivity contribution is -0.390. The van der Waals surface area contributed by atoms with Gasteiger partial charge in [0.05, 0.1) is 10.8 Å². The van der Waals surface area contributed by atoms with Crippen molar-refractivity contribution in [3.8, 4) is 0 Å². The number of halogens is 1. The minimum Gasteiger partial charge on any atom is -0.358 e. The molecule has 0 aliphatic rings. The highest BCUT2D eigenvalue weighted by atomic mass is 79.9. The molecule has 0 radical (unpaired) electrons. The molecule has 1 rings (SSSR count). The molecule has 124 valence electrons. The summed E-state index contributed by atoms with van der Waals surface area (Å²) in [6, 6.07) is 0. The number of nitrogens with zero attached hydrogens (tertiary/aromatic N) is 4. The molecular formula is C13H22BrN5O3. The van der Waals surface area contributed by atoms with Crippen molar-refractivity contribution in [3.63, 3.8) is 0 Å². The second-order valence-corrected chi connectivity index (χ2v) is 5.66. The molecule has 0 bridgehead atoms. The van der Waals surface area contributed by atoms with Crippen LogP contribution in [0, 0.1) is 17.0 Å². The van der Waals surface area contributed by atoms with Gasteiger partial charge in [0, 0.05) is 6.54 Å². The van der Waals surface area contributed by atoms with E-state index in [9.17, 15) is 14.9 Å². The second-order valence-electron chi connectivity index (χ2n) is 4.87. The second kappa shape index (κ2) is 8.84. The van der Waals surface area contributed by atoms with E-state index in [2.05, 4.69) is 45.1 Å². The number of carbonyl (C=O) groups excluding carboxylic acids is 1. The first kappa shape index (κ1) is 18.6. The molecule has 0 unspecified atom stereocenters. The minimum absolute atomic E-state index is 0.0243. The van der Waals surface area contributed by atoms with Gasteiger partial charge in [-0.15, -0.1) is 0 Å². The lowest BCUT2D eigenvalue weighted by Gasteiger charge is -2.17. The van der Waals surface area contributed by atoms with Crippen molar-refractivity contribution in [1.29, 1.82) is 0 Å². The Kier molecular flexibility index (Phi) is 7.46. The van der Waals surface area contributed by atoms with Gasteiger partial charge in [0.1, 0.15) is 11.0 Å². The Labute approximate surface area is 138 Å². The zero-order chi connectivity index (χ0) is 16.7. The molecule has 0 atom stereocenters. The van der Waals surface area contributed by atoms with Gasteiger partial charge >= 0.3 is 5.82 Å². The quantitative estimate of drug-likeness (QED) is 0.402. The molecule has 0 fully saturated rings. The summed E-state index contributed by atoms with van der Waals surface area (Å²) in [5.74, 6) is -0.473. The SMILES string of the molecule is CCN(CC)CCCNC(=O)Cn1nc([N+](=O)[O-])c(Br)c1C. The number of carbonyl (C=O) groups is 1. The van der Waals surface area contributed by atoms with Crippen LogP contribution in [-0.2, 0) is 11.3 Å². The Bertz CT molecular complexity index is 528. The van der Waals surface area contributed by atoms with E-state index in [1.807, 2.05) is 0 Å². The van der Waals surface area contributed by atoms with Crippen LogP contribution in [0.25, 0.3) is 0 Å². The average Bonchev–Trinajstić information content (AvgIpc) is 2.76. The summed E-state index contributed by atoms with van der Waals surface area (Å²) in [6.07, 6.45) is 0.870. The number of nitro groups is 1. The van der Waals surface area contributed by atoms with Crippen LogP contribution in [0.1, 0.15) is 26.0 Å². The van der Waals surface area contributed by atoms with Crippen LogP contribution in [0.3, 0.4) is 0 Å². The highest BCUT2D eigenvalue weighted by Gasteiger charge is 2.24. The maximum Gasteiger partial charge on any atom is 0.404 e. The van der Waals surface area contributed by atoms with Crippen LogP contribution in [0.5, 0.6) is 0 Å². The van der Waals surface area contributed by atoms with Crippen molar-refractivity contribution in [2.75, 3.05) is 26.2 Å². The summed E-state index contributed by atoms with van der Waals surface area (Å²) < 4.78 is 1.65. The van der Waals surface area contributed by atoms with Gasteiger partial charge in [-0.2, -0.15) is 4.68 Å². The maximum atomic E-state index is 11.9. The summed E-state index contributed by atoms with van der Waals surface area (Å²) in [5, 5.41) is 17.4. The molecule has 0 aromatic carbocycles. The van der Waals surface area contributed by atoms with Gasteiger partial charge in [0.15, 0.2) is 0 Å². The van der Waals surface area contributed by atoms with Crippen LogP contribution >= 0.6 is 15.9 Å². The molecule has 0 saturated carbocycles. The minimum atomic E-state index is -0.574. The standard InChI is InChI=1S/C13H22BrN5O3/c1-4-17(5-2)8-6-7-15-11(20)9-18-10(3)12(14)13(16-18)19(21)22/h4-9H2,1-3H3,(H,15,20). The summed E-state index contributed by atoms with van der Waals surface area (Å²) >= 11 is 3.12. The zero-order valence-electron chi connectivity index (χ0n) is 13.1. The first-order chi connectivity index (χ1) is 10.4. The molecule has 1 aromatic rings. The van der Waals surface area contributed by atoms with Crippen LogP contribution in [-0.4, -0.2) is 51.7 Å². The van der Waals surface area contributed by atoms with Gasteiger partial charge in [-0.05, 0) is 53.8 Å². The lowest BCUT2D eigenvalue weighted by Crippen LogP contribution is -2.32. The average molecular weight is 376 g/mol. The monoisotopic (exact) mass is 375 g/mol. The third-order valence-corrected chi connectivity index (χ3v) is 4.38. The van der Waals surface area contributed by atoms with Crippen LogP contribution < -0.4 is 5.32 Å². The Hall–Kier alpha value is -1.48. The van der Waals surface area contributed by atoms with E-state index >= 15 is 0 Å². The number of aromatic nitrogens is 2. The van der Waals surface area contributed by atoms with Crippen molar-refractivity contribution < 1.29 is 9.72 Å². The topological polar surface area (TPSA) is 93.3 Å². The molecule has 9 heteroatoms. The number of amides is 1. The number of hydrogen-bond acceptors (Lipinski definition) is 5. The van der Waals surface area contributed by atoms with Crippen molar-refractivity contribution in [3.05, 3.63) is 20.3 Å². The molecule has 0 aliphatic heterocycles. The van der Waals surface area contributed by atoms with E-state index in [-0.39, 0.29) is 18.3 Å². The third kappa shape index (κ3) is 5.06. The lowest BCUT2D eigenvalue weighted by atomic mass is 10.3. The fraction of sp³-hybridized carbons (Fsp3) is 0.692. The van der Waals surface area contributed by atoms with Crippen molar-refractivity contribution in [1.82, 2.24) is 20.0 Å². The van der Waals surface area contributed by atoms with Gasteiger partial charge in [-0.25, -0.2) is 0 Å². The number of nitrogens with one attached hydrogen (secondary N) is 1. The summed E-state index contributed by atoms with van der Waals surface area (Å²) in [4.78, 5) is 24.4. The van der Waals surface area contributed by atoms with E-state index < -0.39 is 4.92 Å². The third-order valence-electron chi connectivity index (χ3n) is 3.45. The molecule has 1 heterocycles. The zero-order valence-corrected chi connectivity index (χ0v) is 14.7. The summed E-state index contributed by atoms with van der Waals surface area (Å²) in [6.45, 7) is 9.37. The molecule has 8 nitrogen and oxygen atoms in total. The maximum absolute atomic E-state index is 11.9. The van der Waals surface area contributed by atoms with Gasteiger partial charge in [-0.3, -0.25) is 4.79 Å². The van der Waals surface area contributed by atoms with Gasteiger partial charge in [0.25, 0.3) is 0 Å².